The Kier molecular flexibility index (Phi) is 6.46. The van der Waals surface area contributed by atoms with Gasteiger partial charge in [0.1, 0.15) is 30.0 Å². The van der Waals surface area contributed by atoms with Crippen LogP contribution in [0.2, 0.25) is 0 Å². The standard InChI is InChI=1S/C27H24N4O8/c32-10-20-22(34)23(35)24(36)27(38-20)39-26-21(33)16-7-15(18-9-29-12-31-18)5-6-19(16)37-25(26)14-3-1-13(2-4-14)17-8-28-11-30-17/h1-9,11-12,20,22-24,27,32,34-36H,10H2,(H,28,30)(H,29,31). The average molecular weight is 533 g/mol. The Hall–Kier alpha value is -4.33. The number of nitrogens with zero attached hydrogens (tertiary/aromatic N) is 2. The highest BCUT2D eigenvalue weighted by molar-refractivity contribution is 5.86. The van der Waals surface area contributed by atoms with Crippen LogP contribution in [0.1, 0.15) is 0 Å². The van der Waals surface area contributed by atoms with E-state index in [1.54, 1.807) is 49.1 Å². The Balaban J connectivity index is 1.47. The van der Waals surface area contributed by atoms with Crippen LogP contribution in [-0.2, 0) is 4.74 Å². The Morgan fingerprint density at radius 1 is 0.846 bits per heavy atom. The Labute approximate surface area is 220 Å². The molecule has 0 radical (unpaired) electrons. The minimum atomic E-state index is -1.72. The SMILES string of the molecule is O=c1c(OC2OC(CO)C(O)C(O)C2O)c(-c2ccc(-c3cnc[nH]3)cc2)oc2ccc(-c3cnc[nH]3)cc12. The van der Waals surface area contributed by atoms with Crippen LogP contribution in [0, 0.1) is 0 Å². The molecule has 0 saturated carbocycles. The van der Waals surface area contributed by atoms with E-state index >= 15 is 0 Å². The smallest absolute Gasteiger partial charge is 0.235 e. The van der Waals surface area contributed by atoms with E-state index in [1.807, 2.05) is 12.1 Å². The fourth-order valence-corrected chi connectivity index (χ4v) is 4.55. The summed E-state index contributed by atoms with van der Waals surface area (Å²) in [7, 11) is 0. The molecule has 0 bridgehead atoms. The number of nitrogens with one attached hydrogen (secondary N) is 2. The van der Waals surface area contributed by atoms with Crippen LogP contribution in [0.15, 0.2) is 76.7 Å². The van der Waals surface area contributed by atoms with E-state index in [1.165, 1.54) is 6.33 Å². The lowest BCUT2D eigenvalue weighted by molar-refractivity contribution is -0.277. The van der Waals surface area contributed by atoms with Crippen molar-refractivity contribution in [1.82, 2.24) is 19.9 Å². The highest BCUT2D eigenvalue weighted by Gasteiger charge is 2.45. The zero-order valence-corrected chi connectivity index (χ0v) is 20.3. The van der Waals surface area contributed by atoms with Crippen molar-refractivity contribution in [3.63, 3.8) is 0 Å². The van der Waals surface area contributed by atoms with Crippen molar-refractivity contribution >= 4 is 11.0 Å². The maximum atomic E-state index is 13.9. The van der Waals surface area contributed by atoms with E-state index in [0.29, 0.717) is 16.8 Å². The van der Waals surface area contributed by atoms with Crippen molar-refractivity contribution in [1.29, 1.82) is 0 Å². The number of aliphatic hydroxyl groups is 4. The van der Waals surface area contributed by atoms with E-state index in [2.05, 4.69) is 19.9 Å². The van der Waals surface area contributed by atoms with Crippen LogP contribution in [0.25, 0.3) is 44.8 Å². The molecule has 5 unspecified atom stereocenters. The van der Waals surface area contributed by atoms with Gasteiger partial charge in [-0.1, -0.05) is 24.3 Å². The van der Waals surface area contributed by atoms with Crippen molar-refractivity contribution in [2.24, 2.45) is 0 Å². The summed E-state index contributed by atoms with van der Waals surface area (Å²) in [5, 5.41) is 40.7. The lowest BCUT2D eigenvalue weighted by Gasteiger charge is -2.39. The topological polar surface area (TPSA) is 187 Å². The van der Waals surface area contributed by atoms with Gasteiger partial charge in [0.2, 0.25) is 17.5 Å². The number of hydrogen-bond acceptors (Lipinski definition) is 10. The van der Waals surface area contributed by atoms with Crippen molar-refractivity contribution in [2.75, 3.05) is 6.61 Å². The Bertz CT molecular complexity index is 1630. The molecule has 5 atom stereocenters. The fourth-order valence-electron chi connectivity index (χ4n) is 4.55. The number of rotatable bonds is 6. The molecule has 5 aromatic rings. The van der Waals surface area contributed by atoms with E-state index in [4.69, 9.17) is 13.9 Å². The second kappa shape index (κ2) is 10.1. The van der Waals surface area contributed by atoms with E-state index < -0.39 is 42.7 Å². The number of benzene rings is 2. The van der Waals surface area contributed by atoms with Gasteiger partial charge in [0.25, 0.3) is 0 Å². The number of hydrogen-bond donors (Lipinski definition) is 6. The summed E-state index contributed by atoms with van der Waals surface area (Å²) >= 11 is 0. The Morgan fingerprint density at radius 2 is 1.49 bits per heavy atom. The maximum Gasteiger partial charge on any atom is 0.235 e. The molecule has 1 fully saturated rings. The van der Waals surface area contributed by atoms with Gasteiger partial charge in [-0.2, -0.15) is 0 Å². The second-order valence-electron chi connectivity index (χ2n) is 9.12. The Morgan fingerprint density at radius 3 is 2.13 bits per heavy atom. The van der Waals surface area contributed by atoms with E-state index in [0.717, 1.165) is 11.3 Å². The monoisotopic (exact) mass is 532 g/mol. The molecular formula is C27H24N4O8. The lowest BCUT2D eigenvalue weighted by atomic mass is 9.99. The van der Waals surface area contributed by atoms with E-state index in [-0.39, 0.29) is 22.5 Å². The number of ether oxygens (including phenoxy) is 2. The number of fused-ring (bicyclic) bond motifs is 1. The molecule has 12 nitrogen and oxygen atoms in total. The summed E-state index contributed by atoms with van der Waals surface area (Å²) in [6.07, 6.45) is -1.41. The first kappa shape index (κ1) is 25.0. The summed E-state index contributed by atoms with van der Waals surface area (Å²) in [5.41, 5.74) is 3.24. The molecule has 12 heteroatoms. The molecule has 4 heterocycles. The van der Waals surface area contributed by atoms with Crippen LogP contribution >= 0.6 is 0 Å². The van der Waals surface area contributed by atoms with Gasteiger partial charge in [0.15, 0.2) is 5.76 Å². The maximum absolute atomic E-state index is 13.9. The van der Waals surface area contributed by atoms with Gasteiger partial charge in [0.05, 0.1) is 48.4 Å². The molecule has 6 rings (SSSR count). The van der Waals surface area contributed by atoms with Crippen molar-refractivity contribution in [3.05, 3.63) is 77.7 Å². The van der Waals surface area contributed by atoms with Gasteiger partial charge in [-0.25, -0.2) is 9.97 Å². The lowest BCUT2D eigenvalue weighted by Crippen LogP contribution is -2.60. The first-order chi connectivity index (χ1) is 18.9. The van der Waals surface area contributed by atoms with Gasteiger partial charge in [-0.15, -0.1) is 0 Å². The molecule has 0 aliphatic carbocycles. The van der Waals surface area contributed by atoms with Crippen LogP contribution < -0.4 is 10.2 Å². The van der Waals surface area contributed by atoms with Crippen LogP contribution in [0.5, 0.6) is 5.75 Å². The number of aromatic amines is 2. The summed E-state index contributed by atoms with van der Waals surface area (Å²) in [6.45, 7) is -0.646. The van der Waals surface area contributed by atoms with Crippen LogP contribution in [0.3, 0.4) is 0 Å². The predicted molar refractivity (Wildman–Crippen MR) is 137 cm³/mol. The third kappa shape index (κ3) is 4.50. The van der Waals surface area contributed by atoms with Crippen molar-refractivity contribution in [2.45, 2.75) is 30.7 Å². The summed E-state index contributed by atoms with van der Waals surface area (Å²) < 4.78 is 17.6. The summed E-state index contributed by atoms with van der Waals surface area (Å²) in [6, 6.07) is 12.2. The van der Waals surface area contributed by atoms with Crippen molar-refractivity contribution < 1.29 is 34.3 Å². The molecule has 2 aromatic carbocycles. The molecule has 3 aromatic heterocycles. The molecular weight excluding hydrogens is 508 g/mol. The number of H-pyrrole nitrogens is 2. The highest BCUT2D eigenvalue weighted by atomic mass is 16.7. The predicted octanol–water partition coefficient (Wildman–Crippen LogP) is 1.42. The van der Waals surface area contributed by atoms with Crippen LogP contribution in [-0.4, -0.2) is 77.7 Å². The second-order valence-corrected chi connectivity index (χ2v) is 9.12. The third-order valence-corrected chi connectivity index (χ3v) is 6.70. The average Bonchev–Trinajstić information content (AvgIpc) is 3.70. The van der Waals surface area contributed by atoms with Gasteiger partial charge in [-0.3, -0.25) is 4.79 Å². The molecule has 0 amide bonds. The largest absolute Gasteiger partial charge is 0.454 e. The third-order valence-electron chi connectivity index (χ3n) is 6.70. The molecule has 200 valence electrons. The van der Waals surface area contributed by atoms with E-state index in [9.17, 15) is 25.2 Å². The molecule has 39 heavy (non-hydrogen) atoms. The first-order valence-electron chi connectivity index (χ1n) is 12.1. The molecule has 1 saturated heterocycles. The zero-order chi connectivity index (χ0) is 27.1. The fraction of sp³-hybridized carbons (Fsp3) is 0.222. The van der Waals surface area contributed by atoms with Crippen LogP contribution in [0.4, 0.5) is 0 Å². The minimum Gasteiger partial charge on any atom is -0.454 e. The zero-order valence-electron chi connectivity index (χ0n) is 20.3. The first-order valence-corrected chi connectivity index (χ1v) is 12.1. The molecule has 1 aliphatic rings. The summed E-state index contributed by atoms with van der Waals surface area (Å²) in [4.78, 5) is 27.9. The summed E-state index contributed by atoms with van der Waals surface area (Å²) in [5.74, 6) is -0.210. The normalized spacial score (nSPS) is 23.2. The quantitative estimate of drug-likeness (QED) is 0.187. The number of aromatic nitrogens is 4. The minimum absolute atomic E-state index is 0.0647. The number of imidazole rings is 2. The van der Waals surface area contributed by atoms with Gasteiger partial charge < -0.3 is 44.3 Å². The van der Waals surface area contributed by atoms with Gasteiger partial charge in [-0.05, 0) is 23.8 Å². The van der Waals surface area contributed by atoms with Crippen molar-refractivity contribution in [3.8, 4) is 39.6 Å². The highest BCUT2D eigenvalue weighted by Crippen LogP contribution is 2.35. The van der Waals surface area contributed by atoms with Gasteiger partial charge in [0, 0.05) is 11.1 Å². The molecule has 6 N–H and O–H groups in total. The molecule has 1 aliphatic heterocycles. The number of aliphatic hydroxyl groups excluding tert-OH is 4. The van der Waals surface area contributed by atoms with Gasteiger partial charge >= 0.3 is 0 Å². The molecule has 0 spiro atoms.